The van der Waals surface area contributed by atoms with E-state index in [-0.39, 0.29) is 5.91 Å². The molecule has 1 aliphatic heterocycles. The lowest BCUT2D eigenvalue weighted by atomic mass is 10.1. The predicted octanol–water partition coefficient (Wildman–Crippen LogP) is 2.24. The Balaban J connectivity index is 1.59. The average Bonchev–Trinajstić information content (AvgIpc) is 2.89. The molecule has 0 N–H and O–H groups in total. The van der Waals surface area contributed by atoms with Crippen molar-refractivity contribution in [2.24, 2.45) is 7.05 Å². The molecular formula is C19H22N4O. The fourth-order valence-corrected chi connectivity index (χ4v) is 3.12. The Morgan fingerprint density at radius 2 is 1.92 bits per heavy atom. The summed E-state index contributed by atoms with van der Waals surface area (Å²) in [5.41, 5.74) is 2.64. The van der Waals surface area contributed by atoms with Gasteiger partial charge < -0.3 is 9.47 Å². The Labute approximate surface area is 142 Å². The van der Waals surface area contributed by atoms with E-state index in [9.17, 15) is 4.79 Å². The van der Waals surface area contributed by atoms with Gasteiger partial charge >= 0.3 is 0 Å². The molecule has 0 spiro atoms. The molecular weight excluding hydrogens is 300 g/mol. The van der Waals surface area contributed by atoms with Crippen molar-refractivity contribution in [1.29, 1.82) is 5.26 Å². The molecule has 2 aromatic rings. The molecule has 0 saturated carbocycles. The van der Waals surface area contributed by atoms with Crippen LogP contribution in [0.25, 0.3) is 0 Å². The fourth-order valence-electron chi connectivity index (χ4n) is 3.12. The number of amides is 1. The maximum atomic E-state index is 12.6. The van der Waals surface area contributed by atoms with Crippen molar-refractivity contribution in [3.05, 3.63) is 59.4 Å². The minimum Gasteiger partial charge on any atom is -0.347 e. The number of nitrogens with zero attached hydrogens (tertiary/aromatic N) is 4. The molecule has 24 heavy (non-hydrogen) atoms. The van der Waals surface area contributed by atoms with Crippen LogP contribution in [0.1, 0.15) is 28.0 Å². The van der Waals surface area contributed by atoms with Crippen molar-refractivity contribution in [2.45, 2.75) is 13.0 Å². The molecule has 0 atom stereocenters. The number of aromatic nitrogens is 1. The van der Waals surface area contributed by atoms with Crippen molar-refractivity contribution in [3.8, 4) is 6.07 Å². The van der Waals surface area contributed by atoms with Crippen LogP contribution in [0.3, 0.4) is 0 Å². The van der Waals surface area contributed by atoms with Crippen LogP contribution in [0, 0.1) is 11.3 Å². The third-order valence-electron chi connectivity index (χ3n) is 4.53. The van der Waals surface area contributed by atoms with Gasteiger partial charge in [-0.15, -0.1) is 0 Å². The molecule has 3 rings (SSSR count). The third-order valence-corrected chi connectivity index (χ3v) is 4.53. The van der Waals surface area contributed by atoms with E-state index >= 15 is 0 Å². The maximum Gasteiger partial charge on any atom is 0.270 e. The average molecular weight is 322 g/mol. The predicted molar refractivity (Wildman–Crippen MR) is 92.4 cm³/mol. The lowest BCUT2D eigenvalue weighted by Gasteiger charge is -2.22. The van der Waals surface area contributed by atoms with Crippen molar-refractivity contribution < 1.29 is 4.79 Å². The number of nitriles is 1. The van der Waals surface area contributed by atoms with E-state index in [2.05, 4.69) is 11.0 Å². The molecule has 5 nitrogen and oxygen atoms in total. The summed E-state index contributed by atoms with van der Waals surface area (Å²) < 4.78 is 1.88. The molecule has 0 unspecified atom stereocenters. The van der Waals surface area contributed by atoms with Gasteiger partial charge in [0.25, 0.3) is 5.91 Å². The highest BCUT2D eigenvalue weighted by Crippen LogP contribution is 2.12. The number of carbonyl (C=O) groups excluding carboxylic acids is 1. The van der Waals surface area contributed by atoms with Gasteiger partial charge in [-0.25, -0.2) is 0 Å². The third kappa shape index (κ3) is 3.66. The van der Waals surface area contributed by atoms with E-state index < -0.39 is 0 Å². The first-order chi connectivity index (χ1) is 11.7. The molecule has 1 fully saturated rings. The van der Waals surface area contributed by atoms with Crippen LogP contribution < -0.4 is 0 Å². The largest absolute Gasteiger partial charge is 0.347 e. The number of hydrogen-bond acceptors (Lipinski definition) is 3. The summed E-state index contributed by atoms with van der Waals surface area (Å²) >= 11 is 0. The Bertz CT molecular complexity index is 741. The lowest BCUT2D eigenvalue weighted by Crippen LogP contribution is -2.35. The summed E-state index contributed by atoms with van der Waals surface area (Å²) in [6, 6.07) is 13.7. The highest BCUT2D eigenvalue weighted by atomic mass is 16.2. The smallest absolute Gasteiger partial charge is 0.270 e. The highest BCUT2D eigenvalue weighted by Gasteiger charge is 2.21. The van der Waals surface area contributed by atoms with Gasteiger partial charge in [0.1, 0.15) is 5.69 Å². The standard InChI is InChI=1S/C19H22N4O/c1-21-9-2-4-18(21)19(24)23-11-3-10-22(12-13-23)15-17-7-5-16(14-20)6-8-17/h2,4-9H,3,10-13,15H2,1H3. The molecule has 0 bridgehead atoms. The van der Waals surface area contributed by atoms with E-state index in [0.29, 0.717) is 5.56 Å². The maximum absolute atomic E-state index is 12.6. The zero-order chi connectivity index (χ0) is 16.9. The van der Waals surface area contributed by atoms with Crippen LogP contribution in [0.5, 0.6) is 0 Å². The molecule has 124 valence electrons. The molecule has 0 aliphatic carbocycles. The van der Waals surface area contributed by atoms with Crippen LogP contribution in [0.15, 0.2) is 42.6 Å². The minimum absolute atomic E-state index is 0.114. The Morgan fingerprint density at radius 1 is 1.12 bits per heavy atom. The summed E-state index contributed by atoms with van der Waals surface area (Å²) in [4.78, 5) is 17.0. The molecule has 5 heteroatoms. The van der Waals surface area contributed by atoms with Gasteiger partial charge in [0.15, 0.2) is 0 Å². The minimum atomic E-state index is 0.114. The van der Waals surface area contributed by atoms with E-state index in [1.165, 1.54) is 5.56 Å². The Hall–Kier alpha value is -2.58. The molecule has 1 aliphatic rings. The first kappa shape index (κ1) is 16.3. The summed E-state index contributed by atoms with van der Waals surface area (Å²) in [7, 11) is 1.91. The van der Waals surface area contributed by atoms with Gasteiger partial charge in [0, 0.05) is 46.0 Å². The van der Waals surface area contributed by atoms with E-state index in [1.807, 2.05) is 59.1 Å². The molecule has 1 aromatic heterocycles. The molecule has 1 aromatic carbocycles. The molecule has 0 radical (unpaired) electrons. The van der Waals surface area contributed by atoms with Crippen LogP contribution in [0.2, 0.25) is 0 Å². The highest BCUT2D eigenvalue weighted by molar-refractivity contribution is 5.92. The van der Waals surface area contributed by atoms with Crippen molar-refractivity contribution in [2.75, 3.05) is 26.2 Å². The molecule has 1 saturated heterocycles. The van der Waals surface area contributed by atoms with Gasteiger partial charge in [0.2, 0.25) is 0 Å². The van der Waals surface area contributed by atoms with Gasteiger partial charge in [-0.1, -0.05) is 12.1 Å². The van der Waals surface area contributed by atoms with Crippen molar-refractivity contribution >= 4 is 5.91 Å². The van der Waals surface area contributed by atoms with Crippen molar-refractivity contribution in [3.63, 3.8) is 0 Å². The Kier molecular flexibility index (Phi) is 4.97. The zero-order valence-electron chi connectivity index (χ0n) is 14.0. The van der Waals surface area contributed by atoms with Gasteiger partial charge in [-0.05, 0) is 36.2 Å². The second-order valence-corrected chi connectivity index (χ2v) is 6.23. The first-order valence-electron chi connectivity index (χ1n) is 8.29. The number of carbonyl (C=O) groups is 1. The van der Waals surface area contributed by atoms with Crippen LogP contribution in [0.4, 0.5) is 0 Å². The molecule has 1 amide bonds. The quantitative estimate of drug-likeness (QED) is 0.871. The number of benzene rings is 1. The molecule has 2 heterocycles. The summed E-state index contributed by atoms with van der Waals surface area (Å²) in [5.74, 6) is 0.114. The normalized spacial score (nSPS) is 15.8. The van der Waals surface area contributed by atoms with Gasteiger partial charge in [-0.2, -0.15) is 5.26 Å². The SMILES string of the molecule is Cn1cccc1C(=O)N1CCCN(Cc2ccc(C#N)cc2)CC1. The second-order valence-electron chi connectivity index (χ2n) is 6.23. The van der Waals surface area contributed by atoms with E-state index in [4.69, 9.17) is 5.26 Å². The van der Waals surface area contributed by atoms with Crippen LogP contribution >= 0.6 is 0 Å². The Morgan fingerprint density at radius 3 is 2.58 bits per heavy atom. The van der Waals surface area contributed by atoms with E-state index in [0.717, 1.165) is 44.8 Å². The number of hydrogen-bond donors (Lipinski definition) is 0. The van der Waals surface area contributed by atoms with Gasteiger partial charge in [0.05, 0.1) is 11.6 Å². The van der Waals surface area contributed by atoms with Gasteiger partial charge in [-0.3, -0.25) is 9.69 Å². The zero-order valence-corrected chi connectivity index (χ0v) is 14.0. The van der Waals surface area contributed by atoms with Crippen LogP contribution in [-0.2, 0) is 13.6 Å². The lowest BCUT2D eigenvalue weighted by molar-refractivity contribution is 0.0751. The summed E-state index contributed by atoms with van der Waals surface area (Å²) in [5, 5.41) is 8.87. The number of aryl methyl sites for hydroxylation is 1. The van der Waals surface area contributed by atoms with Crippen molar-refractivity contribution in [1.82, 2.24) is 14.4 Å². The summed E-state index contributed by atoms with van der Waals surface area (Å²) in [6.07, 6.45) is 2.88. The van der Waals surface area contributed by atoms with Crippen LogP contribution in [-0.4, -0.2) is 46.5 Å². The fraction of sp³-hybridized carbons (Fsp3) is 0.368. The van der Waals surface area contributed by atoms with E-state index in [1.54, 1.807) is 0 Å². The topological polar surface area (TPSA) is 52.3 Å². The monoisotopic (exact) mass is 322 g/mol. The number of rotatable bonds is 3. The second kappa shape index (κ2) is 7.33. The summed E-state index contributed by atoms with van der Waals surface area (Å²) in [6.45, 7) is 4.26. The first-order valence-corrected chi connectivity index (χ1v) is 8.29.